The molecule has 0 atom stereocenters. The molecule has 1 aliphatic carbocycles. The SMILES string of the molecule is Cc1ccccc1NNC(=O)C1CCCC1. The molecule has 1 amide bonds. The van der Waals surface area contributed by atoms with Crippen LogP contribution in [0.5, 0.6) is 0 Å². The standard InChI is InChI=1S/C13H18N2O/c1-10-6-2-5-9-12(10)14-15-13(16)11-7-3-4-8-11/h2,5-6,9,11,14H,3-4,7-8H2,1H3,(H,15,16). The summed E-state index contributed by atoms with van der Waals surface area (Å²) in [5.41, 5.74) is 7.88. The molecule has 0 radical (unpaired) electrons. The zero-order valence-corrected chi connectivity index (χ0v) is 9.62. The van der Waals surface area contributed by atoms with Crippen molar-refractivity contribution in [2.45, 2.75) is 32.6 Å². The molecule has 86 valence electrons. The molecule has 0 unspecified atom stereocenters. The zero-order valence-electron chi connectivity index (χ0n) is 9.62. The Morgan fingerprint density at radius 2 is 1.94 bits per heavy atom. The lowest BCUT2D eigenvalue weighted by atomic mass is 10.1. The number of carbonyl (C=O) groups excluding carboxylic acids is 1. The topological polar surface area (TPSA) is 41.1 Å². The van der Waals surface area contributed by atoms with Gasteiger partial charge in [0, 0.05) is 5.92 Å². The van der Waals surface area contributed by atoms with Gasteiger partial charge in [-0.25, -0.2) is 0 Å². The van der Waals surface area contributed by atoms with Gasteiger partial charge in [0.25, 0.3) is 0 Å². The third-order valence-corrected chi connectivity index (χ3v) is 3.19. The summed E-state index contributed by atoms with van der Waals surface area (Å²) in [5, 5.41) is 0. The van der Waals surface area contributed by atoms with Gasteiger partial charge in [0.15, 0.2) is 0 Å². The van der Waals surface area contributed by atoms with Crippen LogP contribution in [-0.4, -0.2) is 5.91 Å². The molecule has 0 spiro atoms. The predicted octanol–water partition coefficient (Wildman–Crippen LogP) is 2.63. The van der Waals surface area contributed by atoms with Gasteiger partial charge in [-0.05, 0) is 31.4 Å². The van der Waals surface area contributed by atoms with Crippen LogP contribution in [0, 0.1) is 12.8 Å². The number of benzene rings is 1. The molecular formula is C13H18N2O. The molecule has 0 aromatic heterocycles. The number of carbonyl (C=O) groups is 1. The molecule has 1 saturated carbocycles. The summed E-state index contributed by atoms with van der Waals surface area (Å²) < 4.78 is 0. The molecular weight excluding hydrogens is 200 g/mol. The molecule has 0 bridgehead atoms. The normalized spacial score (nSPS) is 16.1. The summed E-state index contributed by atoms with van der Waals surface area (Å²) in [6.07, 6.45) is 4.42. The average Bonchev–Trinajstić information content (AvgIpc) is 2.81. The third kappa shape index (κ3) is 2.54. The number of anilines is 1. The smallest absolute Gasteiger partial charge is 0.241 e. The van der Waals surface area contributed by atoms with Crippen LogP contribution in [0.3, 0.4) is 0 Å². The first-order chi connectivity index (χ1) is 7.77. The van der Waals surface area contributed by atoms with Gasteiger partial charge in [-0.1, -0.05) is 31.0 Å². The Balaban J connectivity index is 1.87. The third-order valence-electron chi connectivity index (χ3n) is 3.19. The van der Waals surface area contributed by atoms with Crippen molar-refractivity contribution in [3.8, 4) is 0 Å². The molecule has 2 rings (SSSR count). The zero-order chi connectivity index (χ0) is 11.4. The molecule has 3 heteroatoms. The lowest BCUT2D eigenvalue weighted by Gasteiger charge is -2.13. The molecule has 0 saturated heterocycles. The summed E-state index contributed by atoms with van der Waals surface area (Å²) in [7, 11) is 0. The van der Waals surface area contributed by atoms with Crippen LogP contribution >= 0.6 is 0 Å². The number of aryl methyl sites for hydroxylation is 1. The highest BCUT2D eigenvalue weighted by atomic mass is 16.2. The van der Waals surface area contributed by atoms with Crippen LogP contribution in [0.4, 0.5) is 5.69 Å². The summed E-state index contributed by atoms with van der Waals surface area (Å²) in [6.45, 7) is 2.02. The Kier molecular flexibility index (Phi) is 3.44. The number of hydrogen-bond donors (Lipinski definition) is 2. The van der Waals surface area contributed by atoms with Crippen molar-refractivity contribution in [3.63, 3.8) is 0 Å². The summed E-state index contributed by atoms with van der Waals surface area (Å²) in [6, 6.07) is 7.92. The van der Waals surface area contributed by atoms with E-state index in [4.69, 9.17) is 0 Å². The number of para-hydroxylation sites is 1. The Bertz CT molecular complexity index is 370. The van der Waals surface area contributed by atoms with Crippen molar-refractivity contribution in [1.82, 2.24) is 5.43 Å². The highest BCUT2D eigenvalue weighted by Gasteiger charge is 2.22. The van der Waals surface area contributed by atoms with Crippen molar-refractivity contribution in [3.05, 3.63) is 29.8 Å². The van der Waals surface area contributed by atoms with Crippen LogP contribution in [0.2, 0.25) is 0 Å². The highest BCUT2D eigenvalue weighted by Crippen LogP contribution is 2.24. The lowest BCUT2D eigenvalue weighted by Crippen LogP contribution is -2.34. The largest absolute Gasteiger partial charge is 0.298 e. The second kappa shape index (κ2) is 5.01. The molecule has 1 aliphatic rings. The van der Waals surface area contributed by atoms with E-state index in [0.29, 0.717) is 0 Å². The van der Waals surface area contributed by atoms with Gasteiger partial charge in [0.1, 0.15) is 0 Å². The van der Waals surface area contributed by atoms with Crippen molar-refractivity contribution < 1.29 is 4.79 Å². The predicted molar refractivity (Wildman–Crippen MR) is 64.9 cm³/mol. The summed E-state index contributed by atoms with van der Waals surface area (Å²) in [5.74, 6) is 0.331. The van der Waals surface area contributed by atoms with Gasteiger partial charge < -0.3 is 0 Å². The quantitative estimate of drug-likeness (QED) is 0.766. The van der Waals surface area contributed by atoms with Crippen molar-refractivity contribution in [2.75, 3.05) is 5.43 Å². The minimum Gasteiger partial charge on any atom is -0.298 e. The van der Waals surface area contributed by atoms with Crippen molar-refractivity contribution >= 4 is 11.6 Å². The van der Waals surface area contributed by atoms with E-state index >= 15 is 0 Å². The monoisotopic (exact) mass is 218 g/mol. The fourth-order valence-corrected chi connectivity index (χ4v) is 2.13. The molecule has 16 heavy (non-hydrogen) atoms. The van der Waals surface area contributed by atoms with E-state index in [0.717, 1.165) is 24.1 Å². The summed E-state index contributed by atoms with van der Waals surface area (Å²) >= 11 is 0. The summed E-state index contributed by atoms with van der Waals surface area (Å²) in [4.78, 5) is 11.8. The fourth-order valence-electron chi connectivity index (χ4n) is 2.13. The molecule has 2 N–H and O–H groups in total. The van der Waals surface area contributed by atoms with E-state index < -0.39 is 0 Å². The number of nitrogens with one attached hydrogen (secondary N) is 2. The number of amides is 1. The first kappa shape index (κ1) is 11.0. The first-order valence-corrected chi connectivity index (χ1v) is 5.89. The molecule has 1 fully saturated rings. The minimum atomic E-state index is 0.126. The van der Waals surface area contributed by atoms with Crippen LogP contribution in [-0.2, 0) is 4.79 Å². The van der Waals surface area contributed by atoms with Crippen LogP contribution in [0.25, 0.3) is 0 Å². The Morgan fingerprint density at radius 1 is 1.25 bits per heavy atom. The maximum absolute atomic E-state index is 11.8. The van der Waals surface area contributed by atoms with Gasteiger partial charge in [-0.3, -0.25) is 15.6 Å². The highest BCUT2D eigenvalue weighted by molar-refractivity contribution is 5.80. The second-order valence-electron chi connectivity index (χ2n) is 4.41. The van der Waals surface area contributed by atoms with Crippen LogP contribution in [0.1, 0.15) is 31.2 Å². The maximum atomic E-state index is 11.8. The first-order valence-electron chi connectivity index (χ1n) is 5.89. The van der Waals surface area contributed by atoms with Gasteiger partial charge in [-0.15, -0.1) is 0 Å². The van der Waals surface area contributed by atoms with Crippen molar-refractivity contribution in [1.29, 1.82) is 0 Å². The van der Waals surface area contributed by atoms with E-state index in [1.807, 2.05) is 31.2 Å². The van der Waals surface area contributed by atoms with E-state index in [-0.39, 0.29) is 11.8 Å². The average molecular weight is 218 g/mol. The van der Waals surface area contributed by atoms with Crippen LogP contribution < -0.4 is 10.9 Å². The Labute approximate surface area is 96.2 Å². The van der Waals surface area contributed by atoms with Crippen LogP contribution in [0.15, 0.2) is 24.3 Å². The van der Waals surface area contributed by atoms with Crippen molar-refractivity contribution in [2.24, 2.45) is 5.92 Å². The molecule has 1 aromatic carbocycles. The van der Waals surface area contributed by atoms with E-state index in [1.54, 1.807) is 0 Å². The molecule has 3 nitrogen and oxygen atoms in total. The van der Waals surface area contributed by atoms with Gasteiger partial charge in [-0.2, -0.15) is 0 Å². The Hall–Kier alpha value is -1.51. The Morgan fingerprint density at radius 3 is 2.62 bits per heavy atom. The maximum Gasteiger partial charge on any atom is 0.241 e. The molecule has 0 heterocycles. The molecule has 1 aromatic rings. The van der Waals surface area contributed by atoms with E-state index in [2.05, 4.69) is 10.9 Å². The van der Waals surface area contributed by atoms with Gasteiger partial charge >= 0.3 is 0 Å². The fraction of sp³-hybridized carbons (Fsp3) is 0.462. The molecule has 0 aliphatic heterocycles. The van der Waals surface area contributed by atoms with E-state index in [1.165, 1.54) is 12.8 Å². The number of hydrogen-bond acceptors (Lipinski definition) is 2. The van der Waals surface area contributed by atoms with Gasteiger partial charge in [0.05, 0.1) is 5.69 Å². The lowest BCUT2D eigenvalue weighted by molar-refractivity contribution is -0.124. The number of hydrazine groups is 1. The second-order valence-corrected chi connectivity index (χ2v) is 4.41. The number of rotatable bonds is 3. The van der Waals surface area contributed by atoms with Gasteiger partial charge in [0.2, 0.25) is 5.91 Å². The minimum absolute atomic E-state index is 0.126. The van der Waals surface area contributed by atoms with E-state index in [9.17, 15) is 4.79 Å².